The number of benzene rings is 2. The van der Waals surface area contributed by atoms with Crippen LogP contribution in [-0.4, -0.2) is 35.8 Å². The molecule has 0 amide bonds. The Labute approximate surface area is 317 Å². The van der Waals surface area contributed by atoms with E-state index in [4.69, 9.17) is 32.7 Å². The predicted molar refractivity (Wildman–Crippen MR) is 211 cm³/mol. The lowest BCUT2D eigenvalue weighted by Crippen LogP contribution is -2.41. The fourth-order valence-corrected chi connectivity index (χ4v) is 10.9. The summed E-state index contributed by atoms with van der Waals surface area (Å²) in [7, 11) is 3.30. The van der Waals surface area contributed by atoms with Gasteiger partial charge in [0.15, 0.2) is 6.29 Å². The average Bonchev–Trinajstić information content (AvgIpc) is 3.01. The van der Waals surface area contributed by atoms with Crippen molar-refractivity contribution in [2.45, 2.75) is 99.8 Å². The van der Waals surface area contributed by atoms with Crippen molar-refractivity contribution in [3.8, 4) is 17.2 Å². The molecule has 6 bridgehead atoms. The molecule has 6 aliphatic carbocycles. The quantitative estimate of drug-likeness (QED) is 0.158. The Hall–Kier alpha value is -2.10. The number of aldehydes is 1. The second-order valence-corrected chi connectivity index (χ2v) is 15.7. The van der Waals surface area contributed by atoms with Crippen LogP contribution < -0.4 is 0 Å². The molecule has 2 aromatic rings. The van der Waals surface area contributed by atoms with E-state index in [9.17, 15) is 20.1 Å². The number of aryl methyl sites for hydroxylation is 1. The van der Waals surface area contributed by atoms with E-state index in [-0.39, 0.29) is 44.4 Å². The molecule has 272 valence electrons. The molecule has 0 saturated heterocycles. The van der Waals surface area contributed by atoms with Crippen LogP contribution in [0.4, 0.5) is 0 Å². The van der Waals surface area contributed by atoms with Crippen molar-refractivity contribution in [3.05, 3.63) is 59.1 Å². The van der Waals surface area contributed by atoms with Gasteiger partial charge < -0.3 is 24.8 Å². The molecular formula is C40H55Cl2IO6. The van der Waals surface area contributed by atoms with Gasteiger partial charge in [0.2, 0.25) is 0 Å². The fourth-order valence-electron chi connectivity index (χ4n) is 9.57. The second kappa shape index (κ2) is 16.9. The van der Waals surface area contributed by atoms with Crippen molar-refractivity contribution in [2.24, 2.45) is 35.5 Å². The van der Waals surface area contributed by atoms with Crippen LogP contribution in [0.2, 0.25) is 10.0 Å². The molecule has 0 atom stereocenters. The molecule has 49 heavy (non-hydrogen) atoms. The minimum absolute atomic E-state index is 0. The van der Waals surface area contributed by atoms with Crippen LogP contribution in [0.25, 0.3) is 11.5 Å². The summed E-state index contributed by atoms with van der Waals surface area (Å²) in [5, 5.41) is 31.0. The van der Waals surface area contributed by atoms with Gasteiger partial charge in [0.05, 0.1) is 44.5 Å². The van der Waals surface area contributed by atoms with Gasteiger partial charge in [-0.1, -0.05) is 58.3 Å². The maximum Gasteiger partial charge on any atom is 0.154 e. The summed E-state index contributed by atoms with van der Waals surface area (Å²) in [6.07, 6.45) is 14.1. The smallest absolute Gasteiger partial charge is 0.154 e. The molecule has 0 spiro atoms. The van der Waals surface area contributed by atoms with Crippen molar-refractivity contribution in [1.82, 2.24) is 0 Å². The van der Waals surface area contributed by atoms with Crippen LogP contribution in [-0.2, 0) is 9.47 Å². The van der Waals surface area contributed by atoms with Gasteiger partial charge >= 0.3 is 0 Å². The molecule has 9 heteroatoms. The predicted octanol–water partition coefficient (Wildman–Crippen LogP) is 12.2. The third-order valence-electron chi connectivity index (χ3n) is 11.2. The maximum absolute atomic E-state index is 11.5. The van der Waals surface area contributed by atoms with Crippen LogP contribution in [0, 0.1) is 46.0 Å². The third-order valence-corrected chi connectivity index (χ3v) is 13.2. The Morgan fingerprint density at radius 2 is 1.18 bits per heavy atom. The van der Waals surface area contributed by atoms with Gasteiger partial charge in [0.25, 0.3) is 0 Å². The summed E-state index contributed by atoms with van der Waals surface area (Å²) in [5.74, 6) is 5.24. The summed E-state index contributed by atoms with van der Waals surface area (Å²) < 4.78 is 12.4. The minimum Gasteiger partial charge on any atom is -0.507 e. The maximum atomic E-state index is 11.5. The first-order valence-electron chi connectivity index (χ1n) is 16.5. The molecule has 6 fully saturated rings. The average molecular weight is 830 g/mol. The van der Waals surface area contributed by atoms with Crippen LogP contribution in [0.15, 0.2) is 23.3 Å². The number of ether oxygens (including phenoxy) is 2. The summed E-state index contributed by atoms with van der Waals surface area (Å²) in [4.78, 5) is 11.5. The SMILES string of the molecule is C.C.C.COC(=C1C2CC3CC(C2)CC1C3)c1c(Cl)c(C)cc(O)c1I.COC(=C1C2CCCC1CCC2)c1c(Cl)c(O)cc(O)c1C=O. The van der Waals surface area contributed by atoms with E-state index in [0.717, 1.165) is 64.0 Å². The molecule has 2 aromatic carbocycles. The molecule has 6 aliphatic rings. The number of phenols is 3. The topological polar surface area (TPSA) is 96.2 Å². The van der Waals surface area contributed by atoms with Crippen LogP contribution in [0.5, 0.6) is 17.2 Å². The molecular weight excluding hydrogens is 774 g/mol. The van der Waals surface area contributed by atoms with Crippen LogP contribution >= 0.6 is 45.8 Å². The third kappa shape index (κ3) is 7.60. The zero-order valence-corrected chi connectivity index (χ0v) is 30.3. The number of carbonyl (C=O) groups excluding carboxylic acids is 1. The number of hydrogen-bond donors (Lipinski definition) is 3. The van der Waals surface area contributed by atoms with Gasteiger partial charge in [0.1, 0.15) is 28.8 Å². The summed E-state index contributed by atoms with van der Waals surface area (Å²) >= 11 is 15.1. The molecule has 0 radical (unpaired) electrons. The highest BCUT2D eigenvalue weighted by atomic mass is 127. The number of allylic oxidation sites excluding steroid dienone is 2. The fraction of sp³-hybridized carbons (Fsp3) is 0.575. The van der Waals surface area contributed by atoms with E-state index in [1.165, 1.54) is 56.1 Å². The normalized spacial score (nSPS) is 25.8. The van der Waals surface area contributed by atoms with E-state index in [0.29, 0.717) is 52.1 Å². The van der Waals surface area contributed by atoms with Crippen LogP contribution in [0.1, 0.15) is 120 Å². The molecule has 6 nitrogen and oxygen atoms in total. The Balaban J connectivity index is 0.000000250. The molecule has 0 unspecified atom stereocenters. The monoisotopic (exact) mass is 828 g/mol. The van der Waals surface area contributed by atoms with Gasteiger partial charge in [-0.25, -0.2) is 0 Å². The molecule has 3 N–H and O–H groups in total. The largest absolute Gasteiger partial charge is 0.507 e. The zero-order chi connectivity index (χ0) is 32.9. The van der Waals surface area contributed by atoms with E-state index in [2.05, 4.69) is 22.6 Å². The zero-order valence-electron chi connectivity index (χ0n) is 26.7. The molecule has 0 heterocycles. The van der Waals surface area contributed by atoms with E-state index in [1.54, 1.807) is 20.3 Å². The highest BCUT2D eigenvalue weighted by molar-refractivity contribution is 14.1. The lowest BCUT2D eigenvalue weighted by atomic mass is 9.54. The summed E-state index contributed by atoms with van der Waals surface area (Å²) in [6.45, 7) is 1.94. The molecule has 6 saturated carbocycles. The van der Waals surface area contributed by atoms with E-state index >= 15 is 0 Å². The standard InChI is InChI=1S/C19H22ClIO2.C18H21ClO4.3CH4/c1-9-3-14(22)18(21)16(17(9)20)19(23-2)15-12-5-10-4-11(7-12)8-13(15)6-10;1-23-18(15-10-4-2-5-11(15)7-3-6-10)16-12(9-20)13(21)8-14(22)17(16)19;;;/h3,10-13,22H,4-8H2,1-2H3;8-11,21-22H,2-7H2,1H3;3*1H4. The van der Waals surface area contributed by atoms with Gasteiger partial charge in [-0.05, 0) is 146 Å². The van der Waals surface area contributed by atoms with Crippen molar-refractivity contribution in [1.29, 1.82) is 0 Å². The van der Waals surface area contributed by atoms with Crippen molar-refractivity contribution in [3.63, 3.8) is 0 Å². The molecule has 8 rings (SSSR count). The highest BCUT2D eigenvalue weighted by Crippen LogP contribution is 2.58. The summed E-state index contributed by atoms with van der Waals surface area (Å²) in [6, 6.07) is 2.83. The summed E-state index contributed by atoms with van der Waals surface area (Å²) in [5.41, 5.74) is 4.86. The van der Waals surface area contributed by atoms with Crippen molar-refractivity contribution >= 4 is 63.6 Å². The Morgan fingerprint density at radius 1 is 0.714 bits per heavy atom. The number of carbonyl (C=O) groups is 1. The first-order chi connectivity index (χ1) is 22.1. The van der Waals surface area contributed by atoms with Gasteiger partial charge in [-0.3, -0.25) is 4.79 Å². The van der Waals surface area contributed by atoms with Gasteiger partial charge in [0, 0.05) is 6.07 Å². The van der Waals surface area contributed by atoms with E-state index < -0.39 is 0 Å². The Morgan fingerprint density at radius 3 is 1.65 bits per heavy atom. The number of phenolic OH excluding ortho intramolecular Hbond substituents is 3. The number of rotatable bonds is 5. The Bertz CT molecular complexity index is 1520. The van der Waals surface area contributed by atoms with E-state index in [1.807, 2.05) is 6.92 Å². The Kier molecular flexibility index (Phi) is 14.3. The highest BCUT2D eigenvalue weighted by Gasteiger charge is 2.47. The lowest BCUT2D eigenvalue weighted by Gasteiger charge is -2.51. The number of hydrogen-bond acceptors (Lipinski definition) is 6. The number of halogens is 3. The first-order valence-corrected chi connectivity index (χ1v) is 18.3. The lowest BCUT2D eigenvalue weighted by molar-refractivity contribution is 0.0675. The molecule has 0 aliphatic heterocycles. The number of methoxy groups -OCH3 is 2. The van der Waals surface area contributed by atoms with Crippen molar-refractivity contribution < 1.29 is 29.6 Å². The second-order valence-electron chi connectivity index (χ2n) is 13.9. The van der Waals surface area contributed by atoms with Crippen LogP contribution in [0.3, 0.4) is 0 Å². The van der Waals surface area contributed by atoms with Gasteiger partial charge in [-0.15, -0.1) is 0 Å². The number of aromatic hydroxyl groups is 3. The number of fused-ring (bicyclic) bond motifs is 2. The minimum atomic E-state index is -0.284. The molecule has 0 aromatic heterocycles. The van der Waals surface area contributed by atoms with Crippen molar-refractivity contribution in [2.75, 3.05) is 14.2 Å². The van der Waals surface area contributed by atoms with Gasteiger partial charge in [-0.2, -0.15) is 0 Å². The first kappa shape index (κ1) is 41.3.